The van der Waals surface area contributed by atoms with Gasteiger partial charge in [-0.1, -0.05) is 25.0 Å². The molecule has 0 aromatic heterocycles. The van der Waals surface area contributed by atoms with Crippen molar-refractivity contribution >= 4 is 12.0 Å². The van der Waals surface area contributed by atoms with E-state index in [2.05, 4.69) is 0 Å². The molecule has 0 radical (unpaired) electrons. The Morgan fingerprint density at radius 3 is 2.80 bits per heavy atom. The fourth-order valence-electron chi connectivity index (χ4n) is 2.52. The summed E-state index contributed by atoms with van der Waals surface area (Å²) in [7, 11) is 1.59. The van der Waals surface area contributed by atoms with Crippen LogP contribution in [0.25, 0.3) is 6.08 Å². The minimum Gasteiger partial charge on any atom is -0.493 e. The van der Waals surface area contributed by atoms with Crippen molar-refractivity contribution in [2.75, 3.05) is 13.7 Å². The van der Waals surface area contributed by atoms with Crippen molar-refractivity contribution in [3.63, 3.8) is 0 Å². The molecule has 1 aliphatic rings. The zero-order valence-corrected chi connectivity index (χ0v) is 11.7. The predicted octanol–water partition coefficient (Wildman–Crippen LogP) is 3.36. The molecule has 1 aliphatic carbocycles. The van der Waals surface area contributed by atoms with Crippen LogP contribution in [0.2, 0.25) is 0 Å². The first-order valence-corrected chi connectivity index (χ1v) is 6.91. The summed E-state index contributed by atoms with van der Waals surface area (Å²) in [5, 5.41) is 8.74. The van der Waals surface area contributed by atoms with Gasteiger partial charge in [-0.3, -0.25) is 0 Å². The molecular formula is C16H20O4. The number of carboxylic acids is 1. The lowest BCUT2D eigenvalue weighted by molar-refractivity contribution is -0.131. The number of hydrogen-bond acceptors (Lipinski definition) is 3. The minimum atomic E-state index is -0.977. The summed E-state index contributed by atoms with van der Waals surface area (Å²) in [6.45, 7) is 0.661. The highest BCUT2D eigenvalue weighted by atomic mass is 16.5. The quantitative estimate of drug-likeness (QED) is 0.809. The van der Waals surface area contributed by atoms with E-state index in [0.717, 1.165) is 11.6 Å². The maximum absolute atomic E-state index is 10.6. The van der Waals surface area contributed by atoms with Crippen LogP contribution in [-0.2, 0) is 4.79 Å². The van der Waals surface area contributed by atoms with Gasteiger partial charge in [0, 0.05) is 11.6 Å². The van der Waals surface area contributed by atoms with E-state index in [0.29, 0.717) is 24.0 Å². The first-order valence-electron chi connectivity index (χ1n) is 6.91. The van der Waals surface area contributed by atoms with E-state index in [1.54, 1.807) is 7.11 Å². The van der Waals surface area contributed by atoms with E-state index in [-0.39, 0.29) is 0 Å². The molecule has 0 heterocycles. The number of ether oxygens (including phenoxy) is 2. The van der Waals surface area contributed by atoms with Gasteiger partial charge in [-0.15, -0.1) is 0 Å². The molecule has 1 N–H and O–H groups in total. The fourth-order valence-corrected chi connectivity index (χ4v) is 2.52. The summed E-state index contributed by atoms with van der Waals surface area (Å²) < 4.78 is 11.2. The molecule has 108 valence electrons. The van der Waals surface area contributed by atoms with Crippen LogP contribution in [0.15, 0.2) is 24.3 Å². The summed E-state index contributed by atoms with van der Waals surface area (Å²) in [6.07, 6.45) is 7.59. The van der Waals surface area contributed by atoms with E-state index < -0.39 is 5.97 Å². The number of hydrogen-bond donors (Lipinski definition) is 1. The van der Waals surface area contributed by atoms with Gasteiger partial charge in [0.05, 0.1) is 13.7 Å². The van der Waals surface area contributed by atoms with E-state index >= 15 is 0 Å². The molecule has 1 fully saturated rings. The molecule has 1 aromatic carbocycles. The fraction of sp³-hybridized carbons (Fsp3) is 0.438. The second-order valence-corrected chi connectivity index (χ2v) is 5.01. The van der Waals surface area contributed by atoms with E-state index in [4.69, 9.17) is 14.6 Å². The van der Waals surface area contributed by atoms with Gasteiger partial charge in [0.2, 0.25) is 0 Å². The predicted molar refractivity (Wildman–Crippen MR) is 77.1 cm³/mol. The highest BCUT2D eigenvalue weighted by molar-refractivity contribution is 5.86. The Bertz CT molecular complexity index is 487. The van der Waals surface area contributed by atoms with Crippen molar-refractivity contribution < 1.29 is 19.4 Å². The highest BCUT2D eigenvalue weighted by Crippen LogP contribution is 2.34. The first kappa shape index (κ1) is 14.4. The number of benzene rings is 1. The zero-order chi connectivity index (χ0) is 14.4. The van der Waals surface area contributed by atoms with Crippen molar-refractivity contribution in [3.8, 4) is 11.5 Å². The molecule has 2 rings (SSSR count). The van der Waals surface area contributed by atoms with Crippen molar-refractivity contribution in [3.05, 3.63) is 29.8 Å². The van der Waals surface area contributed by atoms with Gasteiger partial charge >= 0.3 is 5.97 Å². The normalized spacial score (nSPS) is 15.7. The van der Waals surface area contributed by atoms with Crippen molar-refractivity contribution in [1.82, 2.24) is 0 Å². The van der Waals surface area contributed by atoms with Crippen molar-refractivity contribution in [1.29, 1.82) is 0 Å². The summed E-state index contributed by atoms with van der Waals surface area (Å²) >= 11 is 0. The molecule has 0 amide bonds. The molecule has 4 nitrogen and oxygen atoms in total. The molecule has 1 aromatic rings. The maximum Gasteiger partial charge on any atom is 0.328 e. The molecule has 1 saturated carbocycles. The van der Waals surface area contributed by atoms with Crippen LogP contribution in [0.1, 0.15) is 31.2 Å². The Kier molecular flexibility index (Phi) is 5.04. The molecular weight excluding hydrogens is 256 g/mol. The molecule has 0 atom stereocenters. The Morgan fingerprint density at radius 1 is 1.40 bits per heavy atom. The number of carbonyl (C=O) groups is 1. The first-order chi connectivity index (χ1) is 9.70. The number of carboxylic acid groups (broad SMARTS) is 1. The molecule has 0 aliphatic heterocycles. The Balaban J connectivity index is 2.15. The standard InChI is InChI=1S/C16H20O4/c1-19-14-8-4-7-13(9-10-15(17)18)16(14)20-11-12-5-2-3-6-12/h4,7-10,12H,2-3,5-6,11H2,1H3,(H,17,18). The summed E-state index contributed by atoms with van der Waals surface area (Å²) in [5.41, 5.74) is 0.727. The van der Waals surface area contributed by atoms with Gasteiger partial charge in [0.25, 0.3) is 0 Å². The molecule has 0 bridgehead atoms. The van der Waals surface area contributed by atoms with E-state index in [9.17, 15) is 4.79 Å². The van der Waals surface area contributed by atoms with Crippen molar-refractivity contribution in [2.45, 2.75) is 25.7 Å². The number of methoxy groups -OCH3 is 1. The topological polar surface area (TPSA) is 55.8 Å². The third kappa shape index (κ3) is 3.76. The van der Waals surface area contributed by atoms with Gasteiger partial charge in [0.1, 0.15) is 0 Å². The zero-order valence-electron chi connectivity index (χ0n) is 11.7. The van der Waals surface area contributed by atoms with Gasteiger partial charge in [-0.25, -0.2) is 4.79 Å². The van der Waals surface area contributed by atoms with Crippen LogP contribution in [0.5, 0.6) is 11.5 Å². The second kappa shape index (κ2) is 6.98. The molecule has 0 spiro atoms. The number of aliphatic carboxylic acids is 1. The summed E-state index contributed by atoms with van der Waals surface area (Å²) in [4.78, 5) is 10.6. The lowest BCUT2D eigenvalue weighted by atomic mass is 10.1. The Labute approximate surface area is 119 Å². The van der Waals surface area contributed by atoms with Crippen LogP contribution >= 0.6 is 0 Å². The van der Waals surface area contributed by atoms with E-state index in [1.807, 2.05) is 18.2 Å². The molecule has 0 saturated heterocycles. The maximum atomic E-state index is 10.6. The van der Waals surface area contributed by atoms with Crippen LogP contribution in [0.4, 0.5) is 0 Å². The summed E-state index contributed by atoms with van der Waals surface area (Å²) in [5.74, 6) is 0.876. The average Bonchev–Trinajstić information content (AvgIpc) is 2.96. The monoisotopic (exact) mass is 276 g/mol. The second-order valence-electron chi connectivity index (χ2n) is 5.01. The molecule has 0 unspecified atom stereocenters. The van der Waals surface area contributed by atoms with Crippen LogP contribution in [-0.4, -0.2) is 24.8 Å². The smallest absolute Gasteiger partial charge is 0.328 e. The largest absolute Gasteiger partial charge is 0.493 e. The third-order valence-electron chi connectivity index (χ3n) is 3.57. The Morgan fingerprint density at radius 2 is 2.15 bits per heavy atom. The molecule has 20 heavy (non-hydrogen) atoms. The van der Waals surface area contributed by atoms with Gasteiger partial charge in [-0.2, -0.15) is 0 Å². The number of para-hydroxylation sites is 1. The number of rotatable bonds is 6. The lowest BCUT2D eigenvalue weighted by Gasteiger charge is -2.16. The SMILES string of the molecule is COc1cccc(C=CC(=O)O)c1OCC1CCCC1. The highest BCUT2D eigenvalue weighted by Gasteiger charge is 2.17. The van der Waals surface area contributed by atoms with Gasteiger partial charge < -0.3 is 14.6 Å². The van der Waals surface area contributed by atoms with Crippen LogP contribution in [0, 0.1) is 5.92 Å². The third-order valence-corrected chi connectivity index (χ3v) is 3.57. The van der Waals surface area contributed by atoms with Gasteiger partial charge in [0.15, 0.2) is 11.5 Å². The lowest BCUT2D eigenvalue weighted by Crippen LogP contribution is -2.09. The Hall–Kier alpha value is -1.97. The van der Waals surface area contributed by atoms with Crippen LogP contribution in [0.3, 0.4) is 0 Å². The van der Waals surface area contributed by atoms with Gasteiger partial charge in [-0.05, 0) is 30.9 Å². The minimum absolute atomic E-state index is 0.594. The molecule has 4 heteroatoms. The van der Waals surface area contributed by atoms with Crippen LogP contribution < -0.4 is 9.47 Å². The van der Waals surface area contributed by atoms with Crippen molar-refractivity contribution in [2.24, 2.45) is 5.92 Å². The average molecular weight is 276 g/mol. The van der Waals surface area contributed by atoms with E-state index in [1.165, 1.54) is 31.8 Å². The summed E-state index contributed by atoms with van der Waals surface area (Å²) in [6, 6.07) is 5.47.